The first kappa shape index (κ1) is 75.3. The van der Waals surface area contributed by atoms with Gasteiger partial charge in [0.25, 0.3) is 0 Å². The molecule has 0 bridgehead atoms. The summed E-state index contributed by atoms with van der Waals surface area (Å²) in [5.74, 6) is -0.0550. The van der Waals surface area contributed by atoms with Crippen molar-refractivity contribution in [2.75, 3.05) is 13.2 Å². The van der Waals surface area contributed by atoms with E-state index in [1.807, 2.05) is 6.08 Å². The molecule has 0 aromatic rings. The molecule has 0 rings (SSSR count). The lowest BCUT2D eigenvalue weighted by Crippen LogP contribution is -2.45. The van der Waals surface area contributed by atoms with Gasteiger partial charge in [0, 0.05) is 12.8 Å². The molecule has 0 aliphatic heterocycles. The molecule has 77 heavy (non-hydrogen) atoms. The monoisotopic (exact) mass is 1080 g/mol. The van der Waals surface area contributed by atoms with Gasteiger partial charge in [-0.3, -0.25) is 9.59 Å². The SMILES string of the molecule is CCCC/C=C\CCCCCCCC(=O)OCCCCCCCCCCCCCCCCCCCCCCCCCCCCC(=O)NC(CO)C(O)/C=C/CCCCCCCCCCCCCCCCCCCCCCC. The third-order valence-electron chi connectivity index (χ3n) is 16.5. The van der Waals surface area contributed by atoms with Gasteiger partial charge in [-0.1, -0.05) is 353 Å². The van der Waals surface area contributed by atoms with Crippen molar-refractivity contribution in [1.82, 2.24) is 5.32 Å². The zero-order valence-electron chi connectivity index (χ0n) is 52.2. The fourth-order valence-electron chi connectivity index (χ4n) is 11.1. The molecule has 0 saturated carbocycles. The van der Waals surface area contributed by atoms with Crippen LogP contribution in [-0.2, 0) is 14.3 Å². The minimum Gasteiger partial charge on any atom is -0.466 e. The van der Waals surface area contributed by atoms with E-state index in [4.69, 9.17) is 4.74 Å². The third-order valence-corrected chi connectivity index (χ3v) is 16.5. The number of esters is 1. The third kappa shape index (κ3) is 63.4. The molecule has 3 N–H and O–H groups in total. The highest BCUT2D eigenvalue weighted by atomic mass is 16.5. The van der Waals surface area contributed by atoms with Gasteiger partial charge in [0.1, 0.15) is 0 Å². The summed E-state index contributed by atoms with van der Waals surface area (Å²) in [6, 6.07) is -0.627. The molecule has 0 spiro atoms. The lowest BCUT2D eigenvalue weighted by Gasteiger charge is -2.20. The Bertz CT molecular complexity index is 1200. The molecule has 0 heterocycles. The number of carbonyl (C=O) groups excluding carboxylic acids is 2. The van der Waals surface area contributed by atoms with E-state index in [9.17, 15) is 19.8 Å². The number of amides is 1. The second-order valence-corrected chi connectivity index (χ2v) is 24.2. The predicted octanol–water partition coefficient (Wildman–Crippen LogP) is 22.5. The second-order valence-electron chi connectivity index (χ2n) is 24.2. The number of nitrogens with one attached hydrogen (secondary N) is 1. The molecule has 2 unspecified atom stereocenters. The molecule has 0 aliphatic rings. The molecule has 456 valence electrons. The van der Waals surface area contributed by atoms with Gasteiger partial charge in [-0.05, 0) is 51.4 Å². The fourth-order valence-corrected chi connectivity index (χ4v) is 11.1. The number of aliphatic hydroxyl groups excluding tert-OH is 2. The molecule has 2 atom stereocenters. The van der Waals surface area contributed by atoms with Gasteiger partial charge in [0.15, 0.2) is 0 Å². The van der Waals surface area contributed by atoms with E-state index in [1.165, 1.54) is 321 Å². The quantitative estimate of drug-likeness (QED) is 0.0320. The standard InChI is InChI=1S/C71H137NO5/c1-3-5-7-9-11-13-15-16-17-18-19-20-25-28-31-34-37-40-44-47-51-55-59-63-69(74)68(67-73)72-70(75)64-60-56-52-48-45-41-38-35-32-29-26-23-21-22-24-27-30-33-36-39-42-46-50-54-58-62-66-77-71(76)65-61-57-53-49-43-14-12-10-8-6-4-2/h10,12,59,63,68-69,73-74H,3-9,11,13-58,60-62,64-67H2,1-2H3,(H,72,75)/b12-10-,63-59+. The maximum absolute atomic E-state index is 12.5. The summed E-state index contributed by atoms with van der Waals surface area (Å²) in [6.07, 6.45) is 84.0. The summed E-state index contributed by atoms with van der Waals surface area (Å²) >= 11 is 0. The number of allylic oxidation sites excluding steroid dienone is 3. The normalized spacial score (nSPS) is 12.6. The van der Waals surface area contributed by atoms with Crippen molar-refractivity contribution in [2.45, 2.75) is 405 Å². The van der Waals surface area contributed by atoms with Crippen LogP contribution in [-0.4, -0.2) is 47.4 Å². The van der Waals surface area contributed by atoms with Crippen molar-refractivity contribution in [3.8, 4) is 0 Å². The van der Waals surface area contributed by atoms with E-state index in [0.29, 0.717) is 19.4 Å². The van der Waals surface area contributed by atoms with Gasteiger partial charge in [0.2, 0.25) is 5.91 Å². The number of carbonyl (C=O) groups is 2. The van der Waals surface area contributed by atoms with Crippen LogP contribution in [0.15, 0.2) is 24.3 Å². The topological polar surface area (TPSA) is 95.9 Å². The van der Waals surface area contributed by atoms with Crippen molar-refractivity contribution >= 4 is 11.9 Å². The summed E-state index contributed by atoms with van der Waals surface area (Å²) < 4.78 is 5.47. The molecule has 1 amide bonds. The van der Waals surface area contributed by atoms with Crippen LogP contribution in [0.5, 0.6) is 0 Å². The van der Waals surface area contributed by atoms with E-state index in [1.54, 1.807) is 6.08 Å². The van der Waals surface area contributed by atoms with Crippen LogP contribution in [0.1, 0.15) is 393 Å². The molecule has 0 aromatic carbocycles. The van der Waals surface area contributed by atoms with E-state index in [-0.39, 0.29) is 18.5 Å². The Morgan fingerprint density at radius 2 is 0.623 bits per heavy atom. The fraction of sp³-hybridized carbons (Fsp3) is 0.915. The van der Waals surface area contributed by atoms with Crippen molar-refractivity contribution in [2.24, 2.45) is 0 Å². The van der Waals surface area contributed by atoms with Crippen molar-refractivity contribution in [1.29, 1.82) is 0 Å². The Hall–Kier alpha value is -1.66. The largest absolute Gasteiger partial charge is 0.466 e. The van der Waals surface area contributed by atoms with Crippen LogP contribution in [0.3, 0.4) is 0 Å². The predicted molar refractivity (Wildman–Crippen MR) is 338 cm³/mol. The highest BCUT2D eigenvalue weighted by Crippen LogP contribution is 2.19. The van der Waals surface area contributed by atoms with Crippen LogP contribution in [0.4, 0.5) is 0 Å². The molecular weight excluding hydrogens is 947 g/mol. The minimum absolute atomic E-state index is 0.00637. The molecule has 0 radical (unpaired) electrons. The van der Waals surface area contributed by atoms with Crippen LogP contribution in [0, 0.1) is 0 Å². The van der Waals surface area contributed by atoms with Gasteiger partial charge in [0.05, 0.1) is 25.4 Å². The number of aliphatic hydroxyl groups is 2. The average molecular weight is 1080 g/mol. The number of hydrogen-bond donors (Lipinski definition) is 3. The zero-order chi connectivity index (χ0) is 55.7. The maximum atomic E-state index is 12.5. The summed E-state index contributed by atoms with van der Waals surface area (Å²) in [4.78, 5) is 24.5. The zero-order valence-corrected chi connectivity index (χ0v) is 52.2. The number of rotatable bonds is 66. The van der Waals surface area contributed by atoms with E-state index in [0.717, 1.165) is 44.9 Å². The van der Waals surface area contributed by atoms with Gasteiger partial charge < -0.3 is 20.3 Å². The Morgan fingerprint density at radius 3 is 0.961 bits per heavy atom. The number of ether oxygens (including phenoxy) is 1. The van der Waals surface area contributed by atoms with E-state index >= 15 is 0 Å². The first-order valence-electron chi connectivity index (χ1n) is 35.1. The first-order valence-corrected chi connectivity index (χ1v) is 35.1. The summed E-state index contributed by atoms with van der Waals surface area (Å²) in [5, 5.41) is 23.3. The van der Waals surface area contributed by atoms with Gasteiger partial charge in [-0.2, -0.15) is 0 Å². The number of hydrogen-bond acceptors (Lipinski definition) is 5. The van der Waals surface area contributed by atoms with Crippen LogP contribution >= 0.6 is 0 Å². The number of unbranched alkanes of at least 4 members (excludes halogenated alkanes) is 53. The smallest absolute Gasteiger partial charge is 0.305 e. The average Bonchev–Trinajstić information content (AvgIpc) is 3.43. The van der Waals surface area contributed by atoms with Gasteiger partial charge in [-0.25, -0.2) is 0 Å². The van der Waals surface area contributed by atoms with Crippen LogP contribution in [0.2, 0.25) is 0 Å². The molecule has 6 heteroatoms. The Kier molecular flexibility index (Phi) is 65.4. The summed E-state index contributed by atoms with van der Waals surface area (Å²) in [6.45, 7) is 4.90. The molecule has 0 aromatic heterocycles. The minimum atomic E-state index is -0.844. The van der Waals surface area contributed by atoms with E-state index < -0.39 is 12.1 Å². The van der Waals surface area contributed by atoms with E-state index in [2.05, 4.69) is 31.3 Å². The van der Waals surface area contributed by atoms with Crippen molar-refractivity contribution in [3.05, 3.63) is 24.3 Å². The van der Waals surface area contributed by atoms with Crippen molar-refractivity contribution in [3.63, 3.8) is 0 Å². The maximum Gasteiger partial charge on any atom is 0.305 e. The Morgan fingerprint density at radius 1 is 0.351 bits per heavy atom. The molecule has 6 nitrogen and oxygen atoms in total. The van der Waals surface area contributed by atoms with Crippen molar-refractivity contribution < 1.29 is 24.5 Å². The molecule has 0 aliphatic carbocycles. The highest BCUT2D eigenvalue weighted by molar-refractivity contribution is 5.76. The molecule has 0 fully saturated rings. The van der Waals surface area contributed by atoms with Crippen LogP contribution in [0.25, 0.3) is 0 Å². The Balaban J connectivity index is 3.39. The second kappa shape index (κ2) is 66.8. The molecular formula is C71H137NO5. The lowest BCUT2D eigenvalue weighted by molar-refractivity contribution is -0.143. The lowest BCUT2D eigenvalue weighted by atomic mass is 10.0. The van der Waals surface area contributed by atoms with Gasteiger partial charge >= 0.3 is 5.97 Å². The summed E-state index contributed by atoms with van der Waals surface area (Å²) in [7, 11) is 0. The first-order chi connectivity index (χ1) is 38.0. The van der Waals surface area contributed by atoms with Crippen LogP contribution < -0.4 is 5.32 Å². The summed E-state index contributed by atoms with van der Waals surface area (Å²) in [5.41, 5.74) is 0. The molecule has 0 saturated heterocycles. The van der Waals surface area contributed by atoms with Gasteiger partial charge in [-0.15, -0.1) is 0 Å². The highest BCUT2D eigenvalue weighted by Gasteiger charge is 2.18. The Labute approximate surface area is 481 Å².